The standard InChI is InChI=1S/C16H13F3N4O2.C2HF3O2/c17-16(18,19)25-11-5-4-9-6-13(15(21)24)23(12(9)7-11)14-3-1-2-10(8-20)22-14;3-2(4,5)1(6)7/h1-7H,8,20H2,(H2,21,24);(H,6,7). The lowest BCUT2D eigenvalue weighted by atomic mass is 10.2. The van der Waals surface area contributed by atoms with Crippen molar-refractivity contribution in [3.8, 4) is 11.6 Å². The summed E-state index contributed by atoms with van der Waals surface area (Å²) in [6.07, 6.45) is -9.91. The summed E-state index contributed by atoms with van der Waals surface area (Å²) < 4.78 is 74.5. The number of benzene rings is 1. The smallest absolute Gasteiger partial charge is 0.475 e. The number of hydrogen-bond acceptors (Lipinski definition) is 5. The highest BCUT2D eigenvalue weighted by atomic mass is 19.4. The molecular formula is C18H14F6N4O4. The van der Waals surface area contributed by atoms with Crippen LogP contribution in [0.15, 0.2) is 42.5 Å². The van der Waals surface area contributed by atoms with E-state index in [1.54, 1.807) is 18.2 Å². The molecule has 3 rings (SSSR count). The molecule has 3 aromatic rings. The number of aliphatic carboxylic acids is 1. The van der Waals surface area contributed by atoms with E-state index in [0.717, 1.165) is 6.07 Å². The Bertz CT molecular complexity index is 1140. The van der Waals surface area contributed by atoms with E-state index in [-0.39, 0.29) is 12.2 Å². The summed E-state index contributed by atoms with van der Waals surface area (Å²) in [5.74, 6) is -3.59. The van der Waals surface area contributed by atoms with Gasteiger partial charge in [-0.2, -0.15) is 13.2 Å². The molecule has 2 aromatic heterocycles. The number of carboxylic acids is 1. The summed E-state index contributed by atoms with van der Waals surface area (Å²) in [6, 6.07) is 10.2. The van der Waals surface area contributed by atoms with Gasteiger partial charge in [0.1, 0.15) is 17.3 Å². The Balaban J connectivity index is 0.000000451. The van der Waals surface area contributed by atoms with E-state index in [0.29, 0.717) is 22.4 Å². The largest absolute Gasteiger partial charge is 0.573 e. The van der Waals surface area contributed by atoms with Gasteiger partial charge in [-0.15, -0.1) is 13.2 Å². The number of nitrogens with two attached hydrogens (primary N) is 2. The van der Waals surface area contributed by atoms with Crippen molar-refractivity contribution in [3.05, 3.63) is 53.9 Å². The van der Waals surface area contributed by atoms with Crippen molar-refractivity contribution < 1.29 is 45.8 Å². The SMILES string of the molecule is NCc1cccc(-n2c(C(N)=O)cc3ccc(OC(F)(F)F)cc32)n1.O=C(O)C(F)(F)F. The summed E-state index contributed by atoms with van der Waals surface area (Å²) in [7, 11) is 0. The number of alkyl halides is 6. The summed E-state index contributed by atoms with van der Waals surface area (Å²) in [4.78, 5) is 25.0. The van der Waals surface area contributed by atoms with Gasteiger partial charge in [0.15, 0.2) is 0 Å². The molecule has 0 saturated carbocycles. The number of hydrogen-bond donors (Lipinski definition) is 3. The van der Waals surface area contributed by atoms with Gasteiger partial charge in [-0.1, -0.05) is 6.07 Å². The first-order chi connectivity index (χ1) is 14.7. The number of ether oxygens (including phenoxy) is 1. The van der Waals surface area contributed by atoms with Gasteiger partial charge < -0.3 is 21.3 Å². The van der Waals surface area contributed by atoms with E-state index in [9.17, 15) is 31.1 Å². The summed E-state index contributed by atoms with van der Waals surface area (Å²) in [5.41, 5.74) is 11.9. The number of carboxylic acid groups (broad SMARTS) is 1. The van der Waals surface area contributed by atoms with Crippen LogP contribution in [0, 0.1) is 0 Å². The monoisotopic (exact) mass is 464 g/mol. The number of amides is 1. The maximum Gasteiger partial charge on any atom is 0.573 e. The van der Waals surface area contributed by atoms with Crippen LogP contribution in [-0.2, 0) is 11.3 Å². The quantitative estimate of drug-likeness (QED) is 0.508. The second-order valence-electron chi connectivity index (χ2n) is 5.99. The van der Waals surface area contributed by atoms with Crippen molar-refractivity contribution in [2.75, 3.05) is 0 Å². The molecule has 172 valence electrons. The Morgan fingerprint density at radius 2 is 1.69 bits per heavy atom. The van der Waals surface area contributed by atoms with E-state index in [4.69, 9.17) is 21.4 Å². The average Bonchev–Trinajstić information content (AvgIpc) is 3.05. The molecule has 0 aliphatic rings. The van der Waals surface area contributed by atoms with Crippen LogP contribution < -0.4 is 16.2 Å². The first-order valence-electron chi connectivity index (χ1n) is 8.40. The first kappa shape index (κ1) is 24.5. The molecule has 14 heteroatoms. The molecule has 32 heavy (non-hydrogen) atoms. The molecule has 0 aliphatic heterocycles. The van der Waals surface area contributed by atoms with E-state index in [2.05, 4.69) is 9.72 Å². The maximum atomic E-state index is 12.5. The first-order valence-corrected chi connectivity index (χ1v) is 8.40. The van der Waals surface area contributed by atoms with Crippen LogP contribution in [0.4, 0.5) is 26.3 Å². The van der Waals surface area contributed by atoms with Crippen molar-refractivity contribution in [1.82, 2.24) is 9.55 Å². The minimum absolute atomic E-state index is 0.0841. The molecular weight excluding hydrogens is 450 g/mol. The van der Waals surface area contributed by atoms with Crippen molar-refractivity contribution >= 4 is 22.8 Å². The predicted octanol–water partition coefficient (Wildman–Crippen LogP) is 3.12. The lowest BCUT2D eigenvalue weighted by Crippen LogP contribution is -2.21. The highest BCUT2D eigenvalue weighted by molar-refractivity contribution is 5.99. The maximum absolute atomic E-state index is 12.5. The number of primary amides is 1. The van der Waals surface area contributed by atoms with Gasteiger partial charge in [0.25, 0.3) is 5.91 Å². The molecule has 0 bridgehead atoms. The number of halogens is 6. The summed E-state index contributed by atoms with van der Waals surface area (Å²) in [6.45, 7) is 0.168. The van der Waals surface area contributed by atoms with Crippen LogP contribution >= 0.6 is 0 Å². The number of pyridine rings is 1. The Morgan fingerprint density at radius 1 is 1.06 bits per heavy atom. The molecule has 0 radical (unpaired) electrons. The zero-order valence-corrected chi connectivity index (χ0v) is 15.7. The van der Waals surface area contributed by atoms with Gasteiger partial charge in [0.05, 0.1) is 11.2 Å². The van der Waals surface area contributed by atoms with Crippen LogP contribution in [0.3, 0.4) is 0 Å². The molecule has 8 nitrogen and oxygen atoms in total. The number of rotatable bonds is 4. The minimum atomic E-state index is -5.08. The Labute approximate surface area is 175 Å². The van der Waals surface area contributed by atoms with Gasteiger partial charge in [-0.25, -0.2) is 9.78 Å². The van der Waals surface area contributed by atoms with Gasteiger partial charge in [-0.05, 0) is 30.3 Å². The summed E-state index contributed by atoms with van der Waals surface area (Å²) in [5, 5.41) is 7.64. The molecule has 1 aromatic carbocycles. The number of fused-ring (bicyclic) bond motifs is 1. The second-order valence-corrected chi connectivity index (χ2v) is 5.99. The van der Waals surface area contributed by atoms with E-state index < -0.39 is 30.2 Å². The Morgan fingerprint density at radius 3 is 2.19 bits per heavy atom. The van der Waals surface area contributed by atoms with Gasteiger partial charge >= 0.3 is 18.5 Å². The molecule has 0 saturated heterocycles. The molecule has 1 amide bonds. The molecule has 5 N–H and O–H groups in total. The minimum Gasteiger partial charge on any atom is -0.475 e. The van der Waals surface area contributed by atoms with Gasteiger partial charge in [-0.3, -0.25) is 9.36 Å². The zero-order valence-electron chi connectivity index (χ0n) is 15.7. The van der Waals surface area contributed by atoms with Crippen LogP contribution in [0.5, 0.6) is 5.75 Å². The third-order valence-electron chi connectivity index (χ3n) is 3.73. The van der Waals surface area contributed by atoms with Crippen molar-refractivity contribution in [2.45, 2.75) is 19.1 Å². The van der Waals surface area contributed by atoms with E-state index in [1.807, 2.05) is 0 Å². The van der Waals surface area contributed by atoms with Crippen LogP contribution in [0.1, 0.15) is 16.2 Å². The fraction of sp³-hybridized carbons (Fsp3) is 0.167. The fourth-order valence-electron chi connectivity index (χ4n) is 2.51. The Kier molecular flexibility index (Phi) is 6.98. The lowest BCUT2D eigenvalue weighted by molar-refractivity contribution is -0.274. The van der Waals surface area contributed by atoms with Crippen LogP contribution in [-0.4, -0.2) is 39.1 Å². The number of carbonyl (C=O) groups is 2. The van der Waals surface area contributed by atoms with Gasteiger partial charge in [0, 0.05) is 18.0 Å². The highest BCUT2D eigenvalue weighted by Gasteiger charge is 2.38. The normalized spacial score (nSPS) is 11.6. The Hall–Kier alpha value is -3.81. The molecule has 0 unspecified atom stereocenters. The zero-order chi connectivity index (χ0) is 24.3. The number of aromatic nitrogens is 2. The number of nitrogens with zero attached hydrogens (tertiary/aromatic N) is 2. The molecule has 2 heterocycles. The van der Waals surface area contributed by atoms with E-state index in [1.165, 1.54) is 22.8 Å². The lowest BCUT2D eigenvalue weighted by Gasteiger charge is -2.11. The van der Waals surface area contributed by atoms with E-state index >= 15 is 0 Å². The summed E-state index contributed by atoms with van der Waals surface area (Å²) >= 11 is 0. The van der Waals surface area contributed by atoms with Crippen LogP contribution in [0.2, 0.25) is 0 Å². The second kappa shape index (κ2) is 9.13. The molecule has 0 atom stereocenters. The average molecular weight is 464 g/mol. The van der Waals surface area contributed by atoms with Crippen molar-refractivity contribution in [1.29, 1.82) is 0 Å². The topological polar surface area (TPSA) is 133 Å². The highest BCUT2D eigenvalue weighted by Crippen LogP contribution is 2.30. The molecule has 0 fully saturated rings. The predicted molar refractivity (Wildman–Crippen MR) is 97.9 cm³/mol. The van der Waals surface area contributed by atoms with Gasteiger partial charge in [0.2, 0.25) is 0 Å². The third kappa shape index (κ3) is 6.10. The van der Waals surface area contributed by atoms with Crippen LogP contribution in [0.25, 0.3) is 16.7 Å². The van der Waals surface area contributed by atoms with Crippen molar-refractivity contribution in [2.24, 2.45) is 11.5 Å². The fourth-order valence-corrected chi connectivity index (χ4v) is 2.51. The number of carbonyl (C=O) groups excluding carboxylic acids is 1. The molecule has 0 aliphatic carbocycles. The third-order valence-corrected chi connectivity index (χ3v) is 3.73. The molecule has 0 spiro atoms. The van der Waals surface area contributed by atoms with Crippen molar-refractivity contribution in [3.63, 3.8) is 0 Å².